The number of hydrogen-bond acceptors (Lipinski definition) is 3. The number of halogens is 1. The van der Waals surface area contributed by atoms with Crippen LogP contribution in [0.15, 0.2) is 24.3 Å². The topological polar surface area (TPSA) is 61.0 Å². The number of carbonyl (C=O) groups excluding carboxylic acids is 1. The Morgan fingerprint density at radius 3 is 2.70 bits per heavy atom. The summed E-state index contributed by atoms with van der Waals surface area (Å²) in [7, 11) is 0. The SMILES string of the molecule is Cc1ccc(CCC2CCN(C(=O)c3n[nH]c4c3CNCC4)CC2)cc1.Cl. The minimum atomic E-state index is 0. The van der Waals surface area contributed by atoms with Crippen molar-refractivity contribution in [3.63, 3.8) is 0 Å². The van der Waals surface area contributed by atoms with Crippen LogP contribution in [0.25, 0.3) is 0 Å². The Morgan fingerprint density at radius 2 is 1.96 bits per heavy atom. The number of piperidine rings is 1. The molecule has 0 spiro atoms. The van der Waals surface area contributed by atoms with Gasteiger partial charge in [0.25, 0.3) is 5.91 Å². The van der Waals surface area contributed by atoms with Crippen molar-refractivity contribution >= 4 is 18.3 Å². The van der Waals surface area contributed by atoms with Crippen LogP contribution in [-0.2, 0) is 19.4 Å². The van der Waals surface area contributed by atoms with E-state index < -0.39 is 0 Å². The fourth-order valence-corrected chi connectivity index (χ4v) is 4.10. The molecule has 2 aromatic rings. The van der Waals surface area contributed by atoms with Gasteiger partial charge in [-0.3, -0.25) is 9.89 Å². The molecule has 27 heavy (non-hydrogen) atoms. The molecule has 6 heteroatoms. The van der Waals surface area contributed by atoms with E-state index in [2.05, 4.69) is 46.7 Å². The Bertz CT molecular complexity index is 763. The van der Waals surface area contributed by atoms with Crippen molar-refractivity contribution < 1.29 is 4.79 Å². The number of nitrogens with one attached hydrogen (secondary N) is 2. The second-order valence-corrected chi connectivity index (χ2v) is 7.72. The Balaban J connectivity index is 0.00000210. The zero-order valence-electron chi connectivity index (χ0n) is 16.0. The largest absolute Gasteiger partial charge is 0.337 e. The van der Waals surface area contributed by atoms with Gasteiger partial charge in [0.05, 0.1) is 0 Å². The second kappa shape index (κ2) is 8.89. The first-order valence-corrected chi connectivity index (χ1v) is 9.82. The van der Waals surface area contributed by atoms with E-state index in [4.69, 9.17) is 0 Å². The van der Waals surface area contributed by atoms with Gasteiger partial charge in [-0.1, -0.05) is 29.8 Å². The van der Waals surface area contributed by atoms with E-state index in [1.807, 2.05) is 4.90 Å². The number of benzene rings is 1. The van der Waals surface area contributed by atoms with Gasteiger partial charge >= 0.3 is 0 Å². The third-order valence-electron chi connectivity index (χ3n) is 5.87. The summed E-state index contributed by atoms with van der Waals surface area (Å²) in [6, 6.07) is 8.86. The quantitative estimate of drug-likeness (QED) is 0.845. The molecule has 0 aliphatic carbocycles. The normalized spacial score (nSPS) is 17.3. The summed E-state index contributed by atoms with van der Waals surface area (Å²) in [5.74, 6) is 0.818. The summed E-state index contributed by atoms with van der Waals surface area (Å²) in [6.07, 6.45) is 5.48. The van der Waals surface area contributed by atoms with Crippen LogP contribution in [0.1, 0.15) is 52.1 Å². The van der Waals surface area contributed by atoms with E-state index in [1.54, 1.807) is 0 Å². The molecule has 2 aliphatic rings. The molecule has 146 valence electrons. The van der Waals surface area contributed by atoms with Gasteiger partial charge in [-0.15, -0.1) is 12.4 Å². The lowest BCUT2D eigenvalue weighted by Gasteiger charge is -2.32. The maximum atomic E-state index is 12.9. The zero-order valence-corrected chi connectivity index (χ0v) is 16.8. The molecule has 1 fully saturated rings. The van der Waals surface area contributed by atoms with Gasteiger partial charge in [-0.05, 0) is 44.1 Å². The van der Waals surface area contributed by atoms with Gasteiger partial charge in [-0.25, -0.2) is 0 Å². The first kappa shape index (κ1) is 19.9. The van der Waals surface area contributed by atoms with Crippen LogP contribution in [0, 0.1) is 12.8 Å². The number of fused-ring (bicyclic) bond motifs is 1. The van der Waals surface area contributed by atoms with E-state index in [-0.39, 0.29) is 18.3 Å². The molecule has 0 saturated carbocycles. The molecule has 3 heterocycles. The molecule has 1 aromatic heterocycles. The zero-order chi connectivity index (χ0) is 17.9. The Labute approximate surface area is 167 Å². The molecule has 1 aromatic carbocycles. The van der Waals surface area contributed by atoms with Crippen molar-refractivity contribution in [2.45, 2.75) is 45.6 Å². The van der Waals surface area contributed by atoms with Crippen molar-refractivity contribution in [3.8, 4) is 0 Å². The maximum absolute atomic E-state index is 12.9. The molecule has 0 atom stereocenters. The fraction of sp³-hybridized carbons (Fsp3) is 0.524. The van der Waals surface area contributed by atoms with Gasteiger partial charge in [-0.2, -0.15) is 5.10 Å². The van der Waals surface area contributed by atoms with Crippen LogP contribution in [0.3, 0.4) is 0 Å². The predicted octanol–water partition coefficient (Wildman–Crippen LogP) is 3.27. The van der Waals surface area contributed by atoms with E-state index in [0.717, 1.165) is 69.0 Å². The molecule has 2 N–H and O–H groups in total. The summed E-state index contributed by atoms with van der Waals surface area (Å²) >= 11 is 0. The summed E-state index contributed by atoms with van der Waals surface area (Å²) < 4.78 is 0. The Hall–Kier alpha value is -1.85. The summed E-state index contributed by atoms with van der Waals surface area (Å²) in [4.78, 5) is 14.9. The number of aromatic nitrogens is 2. The first-order valence-electron chi connectivity index (χ1n) is 9.82. The lowest BCUT2D eigenvalue weighted by Crippen LogP contribution is -2.39. The minimum Gasteiger partial charge on any atom is -0.337 e. The molecular formula is C21H29ClN4O. The predicted molar refractivity (Wildman–Crippen MR) is 109 cm³/mol. The van der Waals surface area contributed by atoms with E-state index >= 15 is 0 Å². The van der Waals surface area contributed by atoms with Crippen LogP contribution in [0.5, 0.6) is 0 Å². The highest BCUT2D eigenvalue weighted by Gasteiger charge is 2.28. The fourth-order valence-electron chi connectivity index (χ4n) is 4.10. The summed E-state index contributed by atoms with van der Waals surface area (Å²) in [5.41, 5.74) is 5.56. The van der Waals surface area contributed by atoms with E-state index in [9.17, 15) is 4.79 Å². The van der Waals surface area contributed by atoms with Crippen LogP contribution < -0.4 is 5.32 Å². The molecule has 0 unspecified atom stereocenters. The third kappa shape index (κ3) is 4.53. The number of likely N-dealkylation sites (tertiary alicyclic amines) is 1. The lowest BCUT2D eigenvalue weighted by atomic mass is 9.90. The van der Waals surface area contributed by atoms with Crippen LogP contribution in [0.2, 0.25) is 0 Å². The standard InChI is InChI=1S/C21H28N4O.ClH/c1-15-2-4-16(5-3-15)6-7-17-9-12-25(13-10-17)21(26)20-18-14-22-11-8-19(18)23-24-20;/h2-5,17,22H,6-14H2,1H3,(H,23,24);1H. The van der Waals surface area contributed by atoms with Crippen LogP contribution >= 0.6 is 12.4 Å². The van der Waals surface area contributed by atoms with Gasteiger partial charge in [0.2, 0.25) is 0 Å². The van der Waals surface area contributed by atoms with E-state index in [1.165, 1.54) is 17.5 Å². The number of amides is 1. The number of hydrogen-bond donors (Lipinski definition) is 2. The summed E-state index contributed by atoms with van der Waals surface area (Å²) in [5, 5.41) is 10.7. The number of nitrogens with zero attached hydrogens (tertiary/aromatic N) is 2. The molecule has 2 aliphatic heterocycles. The monoisotopic (exact) mass is 388 g/mol. The van der Waals surface area contributed by atoms with Crippen molar-refractivity contribution in [1.29, 1.82) is 0 Å². The van der Waals surface area contributed by atoms with Gasteiger partial charge in [0, 0.05) is 43.9 Å². The number of aryl methyl sites for hydroxylation is 2. The molecule has 0 radical (unpaired) electrons. The highest BCUT2D eigenvalue weighted by atomic mass is 35.5. The van der Waals surface area contributed by atoms with Gasteiger partial charge < -0.3 is 10.2 Å². The first-order chi connectivity index (χ1) is 12.7. The average Bonchev–Trinajstić information content (AvgIpc) is 3.11. The third-order valence-corrected chi connectivity index (χ3v) is 5.87. The number of rotatable bonds is 4. The molecule has 0 bridgehead atoms. The van der Waals surface area contributed by atoms with E-state index in [0.29, 0.717) is 5.69 Å². The highest BCUT2D eigenvalue weighted by molar-refractivity contribution is 5.94. The smallest absolute Gasteiger partial charge is 0.274 e. The van der Waals surface area contributed by atoms with Gasteiger partial charge in [0.15, 0.2) is 5.69 Å². The maximum Gasteiger partial charge on any atom is 0.274 e. The summed E-state index contributed by atoms with van der Waals surface area (Å²) in [6.45, 7) is 5.54. The van der Waals surface area contributed by atoms with Crippen molar-refractivity contribution in [3.05, 3.63) is 52.3 Å². The molecule has 5 nitrogen and oxygen atoms in total. The average molecular weight is 389 g/mol. The highest BCUT2D eigenvalue weighted by Crippen LogP contribution is 2.25. The molecule has 1 amide bonds. The molecular weight excluding hydrogens is 360 g/mol. The van der Waals surface area contributed by atoms with Crippen LogP contribution in [0.4, 0.5) is 0 Å². The minimum absolute atomic E-state index is 0. The van der Waals surface area contributed by atoms with Crippen LogP contribution in [-0.4, -0.2) is 40.6 Å². The van der Waals surface area contributed by atoms with Gasteiger partial charge in [0.1, 0.15) is 0 Å². The lowest BCUT2D eigenvalue weighted by molar-refractivity contribution is 0.0679. The van der Waals surface area contributed by atoms with Crippen molar-refractivity contribution in [2.75, 3.05) is 19.6 Å². The number of carbonyl (C=O) groups is 1. The Morgan fingerprint density at radius 1 is 1.22 bits per heavy atom. The van der Waals surface area contributed by atoms with Crippen molar-refractivity contribution in [1.82, 2.24) is 20.4 Å². The number of aromatic amines is 1. The molecule has 1 saturated heterocycles. The second-order valence-electron chi connectivity index (χ2n) is 7.72. The Kier molecular flexibility index (Phi) is 6.55. The number of H-pyrrole nitrogens is 1. The van der Waals surface area contributed by atoms with Crippen molar-refractivity contribution in [2.24, 2.45) is 5.92 Å². The molecule has 4 rings (SSSR count).